The van der Waals surface area contributed by atoms with Crippen LogP contribution in [-0.4, -0.2) is 19.9 Å². The lowest BCUT2D eigenvalue weighted by Crippen LogP contribution is -2.33. The minimum Gasteiger partial charge on any atom is -0.436 e. The highest BCUT2D eigenvalue weighted by atomic mass is 32.2. The Morgan fingerprint density at radius 2 is 1.89 bits per heavy atom. The van der Waals surface area contributed by atoms with Crippen LogP contribution in [0.1, 0.15) is 30.5 Å². The van der Waals surface area contributed by atoms with Crippen molar-refractivity contribution in [2.24, 2.45) is 5.92 Å². The first-order chi connectivity index (χ1) is 17.5. The minimum absolute atomic E-state index is 0.0710. The summed E-state index contributed by atoms with van der Waals surface area (Å²) in [5.41, 5.74) is 0.178. The van der Waals surface area contributed by atoms with Crippen LogP contribution < -0.4 is 19.8 Å². The van der Waals surface area contributed by atoms with Crippen molar-refractivity contribution in [2.45, 2.75) is 27.2 Å². The molecule has 194 valence electrons. The molecule has 0 aliphatic carbocycles. The van der Waals surface area contributed by atoms with E-state index in [1.807, 2.05) is 13.8 Å². The Bertz CT molecular complexity index is 1620. The number of ether oxygens (including phenoxy) is 1. The fourth-order valence-corrected chi connectivity index (χ4v) is 4.72. The van der Waals surface area contributed by atoms with Crippen LogP contribution in [0.4, 0.5) is 14.5 Å². The van der Waals surface area contributed by atoms with Gasteiger partial charge in [-0.1, -0.05) is 26.0 Å². The number of aromatic nitrogens is 1. The van der Waals surface area contributed by atoms with E-state index in [9.17, 15) is 17.6 Å². The van der Waals surface area contributed by atoms with Gasteiger partial charge < -0.3 is 9.15 Å². The maximum absolute atomic E-state index is 15.2. The molecule has 0 unspecified atom stereocenters. The number of benzene rings is 2. The fraction of sp³-hybridized carbons (Fsp3) is 0.231. The van der Waals surface area contributed by atoms with E-state index in [1.54, 1.807) is 19.1 Å². The highest BCUT2D eigenvalue weighted by Crippen LogP contribution is 2.29. The van der Waals surface area contributed by atoms with Gasteiger partial charge in [0.1, 0.15) is 11.3 Å². The van der Waals surface area contributed by atoms with Gasteiger partial charge in [-0.05, 0) is 54.3 Å². The van der Waals surface area contributed by atoms with Gasteiger partial charge in [-0.3, -0.25) is 4.72 Å². The van der Waals surface area contributed by atoms with E-state index in [4.69, 9.17) is 9.15 Å². The van der Waals surface area contributed by atoms with Crippen LogP contribution in [-0.2, 0) is 16.6 Å². The van der Waals surface area contributed by atoms with Gasteiger partial charge in [-0.25, -0.2) is 18.6 Å². The van der Waals surface area contributed by atoms with E-state index >= 15 is 4.39 Å². The number of hydrogen-bond acceptors (Lipinski definition) is 6. The molecule has 37 heavy (non-hydrogen) atoms. The lowest BCUT2D eigenvalue weighted by molar-refractivity contribution is 0.422. The van der Waals surface area contributed by atoms with Gasteiger partial charge >= 0.3 is 5.63 Å². The van der Waals surface area contributed by atoms with Gasteiger partial charge in [0.2, 0.25) is 0 Å². The quantitative estimate of drug-likeness (QED) is 0.293. The third kappa shape index (κ3) is 6.12. The van der Waals surface area contributed by atoms with Crippen LogP contribution >= 0.6 is 0 Å². The minimum atomic E-state index is -3.98. The molecular weight excluding hydrogens is 504 g/mol. The Morgan fingerprint density at radius 3 is 2.62 bits per heavy atom. The van der Waals surface area contributed by atoms with E-state index in [0.29, 0.717) is 10.9 Å². The lowest BCUT2D eigenvalue weighted by atomic mass is 9.99. The summed E-state index contributed by atoms with van der Waals surface area (Å²) >= 11 is 0. The number of rotatable bonds is 9. The second kappa shape index (κ2) is 10.7. The number of nitrogens with one attached hydrogen (secondary N) is 2. The molecule has 0 bridgehead atoms. The van der Waals surface area contributed by atoms with Crippen LogP contribution in [0, 0.1) is 24.5 Å². The number of anilines is 1. The van der Waals surface area contributed by atoms with Crippen molar-refractivity contribution >= 4 is 26.9 Å². The average Bonchev–Trinajstić information content (AvgIpc) is 2.84. The summed E-state index contributed by atoms with van der Waals surface area (Å²) in [4.78, 5) is 16.7. The van der Waals surface area contributed by atoms with Crippen LogP contribution in [0.3, 0.4) is 0 Å². The second-order valence-electron chi connectivity index (χ2n) is 8.85. The van der Waals surface area contributed by atoms with Gasteiger partial charge in [-0.2, -0.15) is 13.1 Å². The molecule has 11 heteroatoms. The van der Waals surface area contributed by atoms with Crippen molar-refractivity contribution in [1.82, 2.24) is 9.71 Å². The molecule has 4 aromatic rings. The first-order valence-corrected chi connectivity index (χ1v) is 12.9. The summed E-state index contributed by atoms with van der Waals surface area (Å²) in [5, 5.41) is 0.582. The molecule has 8 nitrogen and oxygen atoms in total. The van der Waals surface area contributed by atoms with Gasteiger partial charge in [0.05, 0.1) is 5.69 Å². The van der Waals surface area contributed by atoms with E-state index < -0.39 is 27.5 Å². The first-order valence-electron chi connectivity index (χ1n) is 11.4. The monoisotopic (exact) mass is 529 g/mol. The van der Waals surface area contributed by atoms with Gasteiger partial charge in [0, 0.05) is 36.2 Å². The third-order valence-corrected chi connectivity index (χ3v) is 6.61. The van der Waals surface area contributed by atoms with Crippen molar-refractivity contribution in [3.05, 3.63) is 93.5 Å². The molecule has 2 aromatic carbocycles. The summed E-state index contributed by atoms with van der Waals surface area (Å²) < 4.78 is 69.1. The number of pyridine rings is 1. The van der Waals surface area contributed by atoms with Gasteiger partial charge in [0.25, 0.3) is 16.1 Å². The Balaban J connectivity index is 1.62. The summed E-state index contributed by atoms with van der Waals surface area (Å²) in [7, 11) is -3.98. The van der Waals surface area contributed by atoms with E-state index in [2.05, 4.69) is 14.4 Å². The van der Waals surface area contributed by atoms with Crippen molar-refractivity contribution in [3.8, 4) is 11.6 Å². The Hall–Kier alpha value is -3.83. The summed E-state index contributed by atoms with van der Waals surface area (Å²) in [5.74, 6) is -1.36. The van der Waals surface area contributed by atoms with Crippen LogP contribution in [0.2, 0.25) is 0 Å². The molecule has 2 heterocycles. The SMILES string of the molecule is Cc1c(Cc2cccc(NS(=O)(=O)NCC(C)C)c2F)c(=O)oc2cc(Oc3ncccc3F)ccc12. The molecule has 0 saturated heterocycles. The predicted octanol–water partition coefficient (Wildman–Crippen LogP) is 5.06. The zero-order valence-corrected chi connectivity index (χ0v) is 21.2. The molecule has 0 aliphatic rings. The standard InChI is InChI=1S/C26H25F2N3O5S/c1-15(2)14-30-37(33,34)31-22-8-4-6-17(24(22)28)12-20-16(3)19-10-9-18(13-23(19)36-26(20)32)35-25-21(27)7-5-11-29-25/h4-11,13,15,30-31H,12,14H2,1-3H3. The highest BCUT2D eigenvalue weighted by Gasteiger charge is 2.19. The van der Waals surface area contributed by atoms with E-state index in [-0.39, 0.29) is 52.9 Å². The smallest absolute Gasteiger partial charge is 0.340 e. The van der Waals surface area contributed by atoms with Crippen molar-refractivity contribution in [3.63, 3.8) is 0 Å². The topological polar surface area (TPSA) is 111 Å². The Morgan fingerprint density at radius 1 is 1.11 bits per heavy atom. The first kappa shape index (κ1) is 26.2. The molecule has 0 spiro atoms. The summed E-state index contributed by atoms with van der Waals surface area (Å²) in [6.45, 7) is 5.58. The van der Waals surface area contributed by atoms with Crippen LogP contribution in [0.5, 0.6) is 11.6 Å². The Labute approximate surface area is 212 Å². The average molecular weight is 530 g/mol. The third-order valence-electron chi connectivity index (χ3n) is 5.57. The molecule has 2 N–H and O–H groups in total. The predicted molar refractivity (Wildman–Crippen MR) is 136 cm³/mol. The zero-order valence-electron chi connectivity index (χ0n) is 20.3. The summed E-state index contributed by atoms with van der Waals surface area (Å²) in [6.07, 6.45) is 1.26. The van der Waals surface area contributed by atoms with Crippen molar-refractivity contribution < 1.29 is 26.4 Å². The maximum Gasteiger partial charge on any atom is 0.340 e. The molecule has 0 saturated carbocycles. The zero-order chi connectivity index (χ0) is 26.7. The highest BCUT2D eigenvalue weighted by molar-refractivity contribution is 7.90. The van der Waals surface area contributed by atoms with Crippen LogP contribution in [0.15, 0.2) is 63.9 Å². The molecule has 0 atom stereocenters. The lowest BCUT2D eigenvalue weighted by Gasteiger charge is -2.14. The number of hydrogen-bond donors (Lipinski definition) is 2. The van der Waals surface area contributed by atoms with Crippen LogP contribution in [0.25, 0.3) is 11.0 Å². The molecule has 0 amide bonds. The van der Waals surface area contributed by atoms with Gasteiger partial charge in [0.15, 0.2) is 11.6 Å². The van der Waals surface area contributed by atoms with Crippen molar-refractivity contribution in [2.75, 3.05) is 11.3 Å². The molecule has 0 radical (unpaired) electrons. The van der Waals surface area contributed by atoms with E-state index in [1.165, 1.54) is 42.6 Å². The molecule has 2 aromatic heterocycles. The second-order valence-corrected chi connectivity index (χ2v) is 10.3. The molecule has 0 fully saturated rings. The normalized spacial score (nSPS) is 11.7. The maximum atomic E-state index is 15.2. The Kier molecular flexibility index (Phi) is 7.55. The molecule has 0 aliphatic heterocycles. The largest absolute Gasteiger partial charge is 0.436 e. The van der Waals surface area contributed by atoms with Crippen molar-refractivity contribution in [1.29, 1.82) is 0 Å². The summed E-state index contributed by atoms with van der Waals surface area (Å²) in [6, 6.07) is 11.6. The fourth-order valence-electron chi connectivity index (χ4n) is 3.64. The number of nitrogens with zero attached hydrogens (tertiary/aromatic N) is 1. The molecule has 4 rings (SSSR count). The van der Waals surface area contributed by atoms with Gasteiger partial charge in [-0.15, -0.1) is 0 Å². The number of halogens is 2. The number of aryl methyl sites for hydroxylation is 1. The van der Waals surface area contributed by atoms with E-state index in [0.717, 1.165) is 0 Å². The molecular formula is C26H25F2N3O5S. The number of fused-ring (bicyclic) bond motifs is 1.